The molecule has 1 aromatic carbocycles. The molecule has 2 rings (SSSR count). The van der Waals surface area contributed by atoms with Gasteiger partial charge in [-0.1, -0.05) is 18.6 Å². The van der Waals surface area contributed by atoms with E-state index >= 15 is 0 Å². The molecule has 0 bridgehead atoms. The predicted octanol–water partition coefficient (Wildman–Crippen LogP) is 2.21. The maximum atomic E-state index is 10.6. The fraction of sp³-hybridized carbons (Fsp3) is 0.600. The minimum absolute atomic E-state index is 0.166. The van der Waals surface area contributed by atoms with Gasteiger partial charge in [0.2, 0.25) is 0 Å². The molecule has 0 saturated carbocycles. The maximum Gasteiger partial charge on any atom is 0.269 e. The van der Waals surface area contributed by atoms with Crippen molar-refractivity contribution in [2.75, 3.05) is 26.7 Å². The largest absolute Gasteiger partial charge is 0.318 e. The maximum absolute atomic E-state index is 10.6. The number of likely N-dealkylation sites (tertiary alicyclic amines) is 1. The van der Waals surface area contributed by atoms with Gasteiger partial charge in [0, 0.05) is 31.3 Å². The average Bonchev–Trinajstić information content (AvgIpc) is 2.47. The van der Waals surface area contributed by atoms with E-state index in [1.165, 1.54) is 31.4 Å². The van der Waals surface area contributed by atoms with E-state index in [0.717, 1.165) is 19.5 Å². The van der Waals surface area contributed by atoms with Crippen LogP contribution in [0.2, 0.25) is 0 Å². The molecule has 0 aliphatic carbocycles. The molecule has 110 valence electrons. The highest BCUT2D eigenvalue weighted by molar-refractivity contribution is 5.32. The molecule has 1 aliphatic heterocycles. The number of non-ortho nitro benzene ring substituents is 1. The van der Waals surface area contributed by atoms with E-state index < -0.39 is 0 Å². The Labute approximate surface area is 120 Å². The first-order chi connectivity index (χ1) is 9.70. The predicted molar refractivity (Wildman–Crippen MR) is 79.9 cm³/mol. The highest BCUT2D eigenvalue weighted by Crippen LogP contribution is 2.18. The summed E-state index contributed by atoms with van der Waals surface area (Å²) in [5.41, 5.74) is 1.34. The lowest BCUT2D eigenvalue weighted by Gasteiger charge is -2.35. The Morgan fingerprint density at radius 1 is 1.35 bits per heavy atom. The molecule has 5 heteroatoms. The number of likely N-dealkylation sites (N-methyl/N-ethyl adjacent to an activating group) is 1. The standard InChI is InChI=1S/C15H23N3O2/c1-16-12-15-4-2-3-10-17(15)11-9-13-5-7-14(8-6-13)18(19)20/h5-8,15-16H,2-4,9-12H2,1H3. The zero-order chi connectivity index (χ0) is 14.4. The summed E-state index contributed by atoms with van der Waals surface area (Å²) in [4.78, 5) is 12.8. The lowest BCUT2D eigenvalue weighted by molar-refractivity contribution is -0.384. The van der Waals surface area contributed by atoms with Crippen molar-refractivity contribution < 1.29 is 4.92 Å². The molecule has 0 spiro atoms. The normalized spacial score (nSPS) is 19.9. The Hall–Kier alpha value is -1.46. The minimum atomic E-state index is -0.350. The average molecular weight is 277 g/mol. The highest BCUT2D eigenvalue weighted by Gasteiger charge is 2.21. The number of nitro groups is 1. The number of nitrogens with zero attached hydrogens (tertiary/aromatic N) is 2. The Kier molecular flexibility index (Phi) is 5.49. The monoisotopic (exact) mass is 277 g/mol. The lowest BCUT2D eigenvalue weighted by Crippen LogP contribution is -2.45. The van der Waals surface area contributed by atoms with E-state index in [2.05, 4.69) is 10.2 Å². The first kappa shape index (κ1) is 14.9. The summed E-state index contributed by atoms with van der Waals surface area (Å²) < 4.78 is 0. The molecule has 1 fully saturated rings. The van der Waals surface area contributed by atoms with E-state index in [4.69, 9.17) is 0 Å². The second-order valence-corrected chi connectivity index (χ2v) is 5.42. The van der Waals surface area contributed by atoms with Gasteiger partial charge in [-0.3, -0.25) is 15.0 Å². The molecule has 1 unspecified atom stereocenters. The number of benzene rings is 1. The lowest BCUT2D eigenvalue weighted by atomic mass is 10.0. The van der Waals surface area contributed by atoms with Gasteiger partial charge < -0.3 is 5.32 Å². The van der Waals surface area contributed by atoms with Crippen LogP contribution in [-0.4, -0.2) is 42.5 Å². The molecule has 1 atom stereocenters. The first-order valence-corrected chi connectivity index (χ1v) is 7.32. The van der Waals surface area contributed by atoms with Crippen LogP contribution in [-0.2, 0) is 6.42 Å². The van der Waals surface area contributed by atoms with E-state index in [1.807, 2.05) is 19.2 Å². The van der Waals surface area contributed by atoms with Crippen LogP contribution in [0.25, 0.3) is 0 Å². The van der Waals surface area contributed by atoms with Gasteiger partial charge in [0.1, 0.15) is 0 Å². The van der Waals surface area contributed by atoms with Crippen molar-refractivity contribution in [1.29, 1.82) is 0 Å². The van der Waals surface area contributed by atoms with Crippen LogP contribution in [0.15, 0.2) is 24.3 Å². The smallest absolute Gasteiger partial charge is 0.269 e. The zero-order valence-corrected chi connectivity index (χ0v) is 12.0. The molecular formula is C15H23N3O2. The molecule has 5 nitrogen and oxygen atoms in total. The highest BCUT2D eigenvalue weighted by atomic mass is 16.6. The summed E-state index contributed by atoms with van der Waals surface area (Å²) in [5, 5.41) is 13.9. The Morgan fingerprint density at radius 3 is 2.75 bits per heavy atom. The van der Waals surface area contributed by atoms with Gasteiger partial charge in [-0.05, 0) is 38.4 Å². The van der Waals surface area contributed by atoms with Crippen molar-refractivity contribution in [3.05, 3.63) is 39.9 Å². The summed E-state index contributed by atoms with van der Waals surface area (Å²) in [6.45, 7) is 3.24. The van der Waals surface area contributed by atoms with Crippen molar-refractivity contribution in [3.8, 4) is 0 Å². The molecule has 0 amide bonds. The Morgan fingerprint density at radius 2 is 2.10 bits per heavy atom. The number of piperidine rings is 1. The van der Waals surface area contributed by atoms with Crippen LogP contribution in [0, 0.1) is 10.1 Å². The topological polar surface area (TPSA) is 58.4 Å². The van der Waals surface area contributed by atoms with Gasteiger partial charge in [0.05, 0.1) is 4.92 Å². The van der Waals surface area contributed by atoms with Crippen LogP contribution in [0.1, 0.15) is 24.8 Å². The molecule has 1 saturated heterocycles. The second kappa shape index (κ2) is 7.36. The van der Waals surface area contributed by atoms with Gasteiger partial charge in [0.25, 0.3) is 5.69 Å². The summed E-state index contributed by atoms with van der Waals surface area (Å²) in [5.74, 6) is 0. The Balaban J connectivity index is 1.88. The van der Waals surface area contributed by atoms with E-state index in [1.54, 1.807) is 12.1 Å². The molecule has 1 N–H and O–H groups in total. The van der Waals surface area contributed by atoms with E-state index in [0.29, 0.717) is 6.04 Å². The van der Waals surface area contributed by atoms with Crippen LogP contribution in [0.5, 0.6) is 0 Å². The minimum Gasteiger partial charge on any atom is -0.318 e. The van der Waals surface area contributed by atoms with Crippen molar-refractivity contribution >= 4 is 5.69 Å². The van der Waals surface area contributed by atoms with Gasteiger partial charge in [0.15, 0.2) is 0 Å². The van der Waals surface area contributed by atoms with Crippen LogP contribution >= 0.6 is 0 Å². The summed E-state index contributed by atoms with van der Waals surface area (Å²) in [7, 11) is 2.00. The zero-order valence-electron chi connectivity index (χ0n) is 12.0. The van der Waals surface area contributed by atoms with Crippen molar-refractivity contribution in [2.45, 2.75) is 31.7 Å². The van der Waals surface area contributed by atoms with Crippen LogP contribution < -0.4 is 5.32 Å². The van der Waals surface area contributed by atoms with Crippen molar-refractivity contribution in [1.82, 2.24) is 10.2 Å². The SMILES string of the molecule is CNCC1CCCCN1CCc1ccc([N+](=O)[O-])cc1. The van der Waals surface area contributed by atoms with Crippen molar-refractivity contribution in [3.63, 3.8) is 0 Å². The number of hydrogen-bond donors (Lipinski definition) is 1. The number of hydrogen-bond acceptors (Lipinski definition) is 4. The number of rotatable bonds is 6. The van der Waals surface area contributed by atoms with Gasteiger partial charge in [-0.2, -0.15) is 0 Å². The summed E-state index contributed by atoms with van der Waals surface area (Å²) >= 11 is 0. The van der Waals surface area contributed by atoms with E-state index in [-0.39, 0.29) is 10.6 Å². The molecular weight excluding hydrogens is 254 g/mol. The summed E-state index contributed by atoms with van der Waals surface area (Å²) in [6.07, 6.45) is 4.82. The molecule has 20 heavy (non-hydrogen) atoms. The fourth-order valence-corrected chi connectivity index (χ4v) is 2.88. The van der Waals surface area contributed by atoms with Crippen LogP contribution in [0.4, 0.5) is 5.69 Å². The molecule has 1 aromatic rings. The second-order valence-electron chi connectivity index (χ2n) is 5.42. The third-order valence-electron chi connectivity index (χ3n) is 4.02. The van der Waals surface area contributed by atoms with Gasteiger partial charge in [-0.15, -0.1) is 0 Å². The third kappa shape index (κ3) is 4.02. The van der Waals surface area contributed by atoms with Gasteiger partial charge in [-0.25, -0.2) is 0 Å². The molecule has 0 radical (unpaired) electrons. The molecule has 1 aliphatic rings. The first-order valence-electron chi connectivity index (χ1n) is 7.32. The summed E-state index contributed by atoms with van der Waals surface area (Å²) in [6, 6.07) is 7.56. The van der Waals surface area contributed by atoms with Crippen LogP contribution in [0.3, 0.4) is 0 Å². The number of nitrogens with one attached hydrogen (secondary N) is 1. The fourth-order valence-electron chi connectivity index (χ4n) is 2.88. The Bertz CT molecular complexity index is 431. The third-order valence-corrected chi connectivity index (χ3v) is 4.02. The van der Waals surface area contributed by atoms with Gasteiger partial charge >= 0.3 is 0 Å². The van der Waals surface area contributed by atoms with Crippen molar-refractivity contribution in [2.24, 2.45) is 0 Å². The number of nitro benzene ring substituents is 1. The van der Waals surface area contributed by atoms with E-state index in [9.17, 15) is 10.1 Å². The molecule has 1 heterocycles. The quantitative estimate of drug-likeness (QED) is 0.640. The molecule has 0 aromatic heterocycles.